The molecule has 144 valence electrons. The molecule has 27 heavy (non-hydrogen) atoms. The lowest BCUT2D eigenvalue weighted by Crippen LogP contribution is -2.37. The average molecular weight is 391 g/mol. The second-order valence-electron chi connectivity index (χ2n) is 7.58. The monoisotopic (exact) mass is 391 g/mol. The van der Waals surface area contributed by atoms with Crippen LogP contribution in [0.4, 0.5) is 10.2 Å². The summed E-state index contributed by atoms with van der Waals surface area (Å²) in [6, 6.07) is 6.19. The number of thioether (sulfide) groups is 1. The minimum atomic E-state index is -1.09. The molecular formula is C19H22FN3O3S. The molecule has 0 bridgehead atoms. The molecule has 1 N–H and O–H groups in total. The number of carbonyl (C=O) groups is 2. The highest BCUT2D eigenvalue weighted by molar-refractivity contribution is 8.00. The van der Waals surface area contributed by atoms with E-state index in [1.54, 1.807) is 23.9 Å². The normalized spacial score (nSPS) is 17.6. The summed E-state index contributed by atoms with van der Waals surface area (Å²) in [6.07, 6.45) is 0. The van der Waals surface area contributed by atoms with Crippen molar-refractivity contribution in [3.05, 3.63) is 46.9 Å². The molecule has 1 atom stereocenters. The van der Waals surface area contributed by atoms with Crippen LogP contribution in [-0.4, -0.2) is 39.1 Å². The maximum absolute atomic E-state index is 13.4. The van der Waals surface area contributed by atoms with Crippen LogP contribution in [-0.2, 0) is 22.1 Å². The SMILES string of the molecule is Cn1nc(C(C)(C)C)c2c1N(CC(=O)O)C(=O)CSC2c1ccc(F)cc1. The third-order valence-electron chi connectivity index (χ3n) is 4.42. The molecule has 0 radical (unpaired) electrons. The topological polar surface area (TPSA) is 75.4 Å². The summed E-state index contributed by atoms with van der Waals surface area (Å²) in [5.41, 5.74) is 2.15. The van der Waals surface area contributed by atoms with Gasteiger partial charge >= 0.3 is 5.97 Å². The second kappa shape index (κ2) is 6.99. The van der Waals surface area contributed by atoms with Crippen molar-refractivity contribution in [2.45, 2.75) is 31.4 Å². The molecule has 0 spiro atoms. The van der Waals surface area contributed by atoms with E-state index in [4.69, 9.17) is 0 Å². The van der Waals surface area contributed by atoms with Gasteiger partial charge in [0.05, 0.1) is 16.7 Å². The summed E-state index contributed by atoms with van der Waals surface area (Å²) >= 11 is 1.41. The van der Waals surface area contributed by atoms with Crippen molar-refractivity contribution in [3.8, 4) is 0 Å². The van der Waals surface area contributed by atoms with Crippen molar-refractivity contribution in [2.75, 3.05) is 17.2 Å². The van der Waals surface area contributed by atoms with Crippen LogP contribution in [0.3, 0.4) is 0 Å². The van der Waals surface area contributed by atoms with Crippen LogP contribution >= 0.6 is 11.8 Å². The van der Waals surface area contributed by atoms with E-state index in [9.17, 15) is 19.1 Å². The molecule has 1 amide bonds. The van der Waals surface area contributed by atoms with Gasteiger partial charge in [0.25, 0.3) is 0 Å². The molecule has 2 aromatic rings. The number of hydrogen-bond acceptors (Lipinski definition) is 4. The molecule has 0 saturated heterocycles. The van der Waals surface area contributed by atoms with Gasteiger partial charge in [-0.15, -0.1) is 11.8 Å². The van der Waals surface area contributed by atoms with Gasteiger partial charge in [-0.25, -0.2) is 4.39 Å². The van der Waals surface area contributed by atoms with Gasteiger partial charge in [-0.05, 0) is 17.7 Å². The van der Waals surface area contributed by atoms with E-state index in [0.29, 0.717) is 5.82 Å². The van der Waals surface area contributed by atoms with Crippen molar-refractivity contribution < 1.29 is 19.1 Å². The van der Waals surface area contributed by atoms with Gasteiger partial charge < -0.3 is 5.11 Å². The first kappa shape index (κ1) is 19.4. The standard InChI is InChI=1S/C19H22FN3O3S/c1-19(2,3)17-15-16(11-5-7-12(20)8-6-11)27-10-13(24)23(9-14(25)26)18(15)22(4)21-17/h5-8,16H,9-10H2,1-4H3,(H,25,26). The Morgan fingerprint density at radius 3 is 2.52 bits per heavy atom. The number of carboxylic acids is 1. The molecule has 6 nitrogen and oxygen atoms in total. The number of fused-ring (bicyclic) bond motifs is 1. The van der Waals surface area contributed by atoms with Gasteiger partial charge in [0.1, 0.15) is 18.2 Å². The number of benzene rings is 1. The number of aryl methyl sites for hydroxylation is 1. The van der Waals surface area contributed by atoms with Crippen LogP contribution in [0.25, 0.3) is 0 Å². The van der Waals surface area contributed by atoms with E-state index >= 15 is 0 Å². The zero-order valence-corrected chi connectivity index (χ0v) is 16.5. The Labute approximate surface area is 161 Å². The Morgan fingerprint density at radius 1 is 1.33 bits per heavy atom. The number of nitrogens with zero attached hydrogens (tertiary/aromatic N) is 3. The predicted octanol–water partition coefficient (Wildman–Crippen LogP) is 3.11. The number of aromatic nitrogens is 2. The van der Waals surface area contributed by atoms with E-state index in [2.05, 4.69) is 5.10 Å². The maximum atomic E-state index is 13.4. The summed E-state index contributed by atoms with van der Waals surface area (Å²) in [7, 11) is 1.72. The van der Waals surface area contributed by atoms with Gasteiger partial charge in [-0.3, -0.25) is 19.2 Å². The van der Waals surface area contributed by atoms with E-state index < -0.39 is 12.5 Å². The quantitative estimate of drug-likeness (QED) is 0.870. The molecule has 2 heterocycles. The van der Waals surface area contributed by atoms with E-state index in [-0.39, 0.29) is 28.1 Å². The van der Waals surface area contributed by atoms with Crippen LogP contribution in [0.2, 0.25) is 0 Å². The smallest absolute Gasteiger partial charge is 0.323 e. The van der Waals surface area contributed by atoms with Crippen LogP contribution in [0.5, 0.6) is 0 Å². The number of halogens is 1. The van der Waals surface area contributed by atoms with Crippen molar-refractivity contribution in [2.24, 2.45) is 7.05 Å². The maximum Gasteiger partial charge on any atom is 0.323 e. The van der Waals surface area contributed by atoms with E-state index in [0.717, 1.165) is 16.8 Å². The fourth-order valence-electron chi connectivity index (χ4n) is 3.28. The number of anilines is 1. The highest BCUT2D eigenvalue weighted by Gasteiger charge is 2.38. The van der Waals surface area contributed by atoms with Crippen molar-refractivity contribution in [3.63, 3.8) is 0 Å². The first-order chi connectivity index (χ1) is 12.6. The zero-order valence-electron chi connectivity index (χ0n) is 15.7. The van der Waals surface area contributed by atoms with Crippen LogP contribution in [0.15, 0.2) is 24.3 Å². The van der Waals surface area contributed by atoms with Crippen LogP contribution in [0, 0.1) is 5.82 Å². The minimum absolute atomic E-state index is 0.133. The molecule has 1 unspecified atom stereocenters. The average Bonchev–Trinajstić information content (AvgIpc) is 2.84. The van der Waals surface area contributed by atoms with Gasteiger partial charge in [-0.2, -0.15) is 5.10 Å². The van der Waals surface area contributed by atoms with Gasteiger partial charge in [-0.1, -0.05) is 32.9 Å². The number of carboxylic acid groups (broad SMARTS) is 1. The predicted molar refractivity (Wildman–Crippen MR) is 103 cm³/mol. The summed E-state index contributed by atoms with van der Waals surface area (Å²) in [5.74, 6) is -1.07. The fraction of sp³-hybridized carbons (Fsp3) is 0.421. The molecule has 1 aliphatic rings. The largest absolute Gasteiger partial charge is 0.480 e. The van der Waals surface area contributed by atoms with E-state index in [1.165, 1.54) is 28.8 Å². The van der Waals surface area contributed by atoms with E-state index in [1.807, 2.05) is 20.8 Å². The molecule has 0 aliphatic carbocycles. The summed E-state index contributed by atoms with van der Waals surface area (Å²) in [5, 5.41) is 13.7. The van der Waals surface area contributed by atoms with Crippen LogP contribution < -0.4 is 4.90 Å². The van der Waals surface area contributed by atoms with Crippen molar-refractivity contribution in [1.29, 1.82) is 0 Å². The molecule has 1 aromatic heterocycles. The van der Waals surface area contributed by atoms with Crippen molar-refractivity contribution >= 4 is 29.5 Å². The minimum Gasteiger partial charge on any atom is -0.480 e. The first-order valence-corrected chi connectivity index (χ1v) is 9.61. The first-order valence-electron chi connectivity index (χ1n) is 8.56. The number of amides is 1. The van der Waals surface area contributed by atoms with Crippen molar-refractivity contribution in [1.82, 2.24) is 9.78 Å². The molecule has 0 fully saturated rings. The summed E-state index contributed by atoms with van der Waals surface area (Å²) in [6.45, 7) is 5.65. The Balaban J connectivity index is 2.26. The van der Waals surface area contributed by atoms with Gasteiger partial charge in [0, 0.05) is 18.0 Å². The molecule has 8 heteroatoms. The molecular weight excluding hydrogens is 369 g/mol. The number of carbonyl (C=O) groups excluding carboxylic acids is 1. The second-order valence-corrected chi connectivity index (χ2v) is 8.67. The lowest BCUT2D eigenvalue weighted by Gasteiger charge is -2.23. The Morgan fingerprint density at radius 2 is 1.96 bits per heavy atom. The molecule has 1 aromatic carbocycles. The zero-order chi connectivity index (χ0) is 19.9. The lowest BCUT2D eigenvalue weighted by atomic mass is 9.87. The Bertz CT molecular complexity index is 887. The fourth-order valence-corrected chi connectivity index (χ4v) is 4.48. The molecule has 3 rings (SSSR count). The number of hydrogen-bond donors (Lipinski definition) is 1. The highest BCUT2D eigenvalue weighted by atomic mass is 32.2. The summed E-state index contributed by atoms with van der Waals surface area (Å²) in [4.78, 5) is 25.4. The third-order valence-corrected chi connectivity index (χ3v) is 5.68. The lowest BCUT2D eigenvalue weighted by molar-refractivity contribution is -0.136. The molecule has 0 saturated carbocycles. The van der Waals surface area contributed by atoms with Crippen LogP contribution in [0.1, 0.15) is 42.8 Å². The highest BCUT2D eigenvalue weighted by Crippen LogP contribution is 2.47. The van der Waals surface area contributed by atoms with Gasteiger partial charge in [0.15, 0.2) is 0 Å². The third kappa shape index (κ3) is 3.71. The number of rotatable bonds is 3. The van der Waals surface area contributed by atoms with Gasteiger partial charge in [0.2, 0.25) is 5.91 Å². The summed E-state index contributed by atoms with van der Waals surface area (Å²) < 4.78 is 15.0. The molecule has 1 aliphatic heterocycles. The number of aliphatic carboxylic acids is 1. The Kier molecular flexibility index (Phi) is 5.03. The Hall–Kier alpha value is -2.35.